The Morgan fingerprint density at radius 1 is 1.54 bits per heavy atom. The number of hydrogen-bond acceptors (Lipinski definition) is 5. The molecule has 1 aromatic carbocycles. The third kappa shape index (κ3) is 4.39. The maximum atomic E-state index is 12.3. The summed E-state index contributed by atoms with van der Waals surface area (Å²) in [5, 5.41) is 9.13. The molecular weight excluding hydrogens is 332 g/mol. The quantitative estimate of drug-likeness (QED) is 0.760. The van der Waals surface area contributed by atoms with Crippen molar-refractivity contribution in [2.24, 2.45) is 5.92 Å². The van der Waals surface area contributed by atoms with Crippen LogP contribution in [0.25, 0.3) is 0 Å². The fraction of sp³-hybridized carbons (Fsp3) is 0.471. The van der Waals surface area contributed by atoms with E-state index in [9.17, 15) is 9.59 Å². The summed E-state index contributed by atoms with van der Waals surface area (Å²) in [4.78, 5) is 25.8. The van der Waals surface area contributed by atoms with Crippen LogP contribution in [-0.2, 0) is 20.7 Å². The maximum absolute atomic E-state index is 12.3. The number of halogens is 1. The molecule has 0 aromatic heterocycles. The molecule has 0 saturated carbocycles. The standard InChI is InChI=1S/C17H19ClN2O4/c1-11(16(21)20(2)7-3-6-19)24-17(22)13-8-12-9-14(18)4-5-15(12)23-10-13/h4-5,9,11,13H,3,7-8,10H2,1-2H3/t11-,13+/m0/s1. The molecule has 0 bridgehead atoms. The van der Waals surface area contributed by atoms with Gasteiger partial charge < -0.3 is 14.4 Å². The Balaban J connectivity index is 1.93. The van der Waals surface area contributed by atoms with Crippen LogP contribution in [0, 0.1) is 17.2 Å². The predicted molar refractivity (Wildman–Crippen MR) is 87.6 cm³/mol. The van der Waals surface area contributed by atoms with Gasteiger partial charge in [-0.3, -0.25) is 9.59 Å². The van der Waals surface area contributed by atoms with Crippen molar-refractivity contribution in [3.8, 4) is 11.8 Å². The van der Waals surface area contributed by atoms with Gasteiger partial charge in [0.25, 0.3) is 5.91 Å². The Kier molecular flexibility index (Phi) is 6.04. The maximum Gasteiger partial charge on any atom is 0.313 e. The fourth-order valence-electron chi connectivity index (χ4n) is 2.47. The molecule has 1 aliphatic heterocycles. The van der Waals surface area contributed by atoms with E-state index in [4.69, 9.17) is 26.3 Å². The van der Waals surface area contributed by atoms with Crippen molar-refractivity contribution in [1.29, 1.82) is 5.26 Å². The van der Waals surface area contributed by atoms with Crippen molar-refractivity contribution in [1.82, 2.24) is 4.90 Å². The summed E-state index contributed by atoms with van der Waals surface area (Å²) < 4.78 is 10.8. The number of carbonyl (C=O) groups is 2. The summed E-state index contributed by atoms with van der Waals surface area (Å²) in [5.41, 5.74) is 0.848. The van der Waals surface area contributed by atoms with Crippen molar-refractivity contribution in [2.45, 2.75) is 25.9 Å². The molecule has 0 N–H and O–H groups in total. The van der Waals surface area contributed by atoms with Gasteiger partial charge in [-0.1, -0.05) is 11.6 Å². The summed E-state index contributed by atoms with van der Waals surface area (Å²) in [6, 6.07) is 7.24. The first-order valence-electron chi connectivity index (χ1n) is 7.66. The van der Waals surface area contributed by atoms with E-state index < -0.39 is 18.0 Å². The van der Waals surface area contributed by atoms with Crippen molar-refractivity contribution < 1.29 is 19.1 Å². The second-order valence-corrected chi connectivity index (χ2v) is 6.15. The topological polar surface area (TPSA) is 79.6 Å². The summed E-state index contributed by atoms with van der Waals surface area (Å²) in [7, 11) is 1.58. The number of hydrogen-bond donors (Lipinski definition) is 0. The van der Waals surface area contributed by atoms with Crippen LogP contribution in [0.1, 0.15) is 18.9 Å². The molecule has 6 nitrogen and oxygen atoms in total. The summed E-state index contributed by atoms with van der Waals surface area (Å²) in [5.74, 6) is -0.576. The van der Waals surface area contributed by atoms with Crippen LogP contribution in [-0.4, -0.2) is 43.1 Å². The Labute approximate surface area is 145 Å². The highest BCUT2D eigenvalue weighted by atomic mass is 35.5. The molecule has 7 heteroatoms. The number of nitrogens with zero attached hydrogens (tertiary/aromatic N) is 2. The second kappa shape index (κ2) is 8.02. The van der Waals surface area contributed by atoms with Gasteiger partial charge in [0.2, 0.25) is 0 Å². The highest BCUT2D eigenvalue weighted by Gasteiger charge is 2.30. The average Bonchev–Trinajstić information content (AvgIpc) is 2.57. The van der Waals surface area contributed by atoms with Crippen LogP contribution in [0.2, 0.25) is 5.02 Å². The van der Waals surface area contributed by atoms with Crippen LogP contribution in [0.4, 0.5) is 0 Å². The van der Waals surface area contributed by atoms with E-state index in [-0.39, 0.29) is 18.9 Å². The Morgan fingerprint density at radius 2 is 2.29 bits per heavy atom. The number of nitriles is 1. The SMILES string of the molecule is C[C@H](OC(=O)[C@H]1COc2ccc(Cl)cc2C1)C(=O)N(C)CCC#N. The minimum atomic E-state index is -0.901. The molecule has 0 radical (unpaired) electrons. The highest BCUT2D eigenvalue weighted by molar-refractivity contribution is 6.30. The fourth-order valence-corrected chi connectivity index (χ4v) is 2.67. The molecule has 24 heavy (non-hydrogen) atoms. The average molecular weight is 351 g/mol. The zero-order valence-electron chi connectivity index (χ0n) is 13.6. The van der Waals surface area contributed by atoms with E-state index in [2.05, 4.69) is 0 Å². The van der Waals surface area contributed by atoms with Crippen molar-refractivity contribution in [3.63, 3.8) is 0 Å². The van der Waals surface area contributed by atoms with E-state index in [1.54, 1.807) is 25.2 Å². The minimum absolute atomic E-state index is 0.207. The lowest BCUT2D eigenvalue weighted by Crippen LogP contribution is -2.40. The molecule has 1 amide bonds. The van der Waals surface area contributed by atoms with Crippen LogP contribution < -0.4 is 4.74 Å². The normalized spacial score (nSPS) is 17.0. The molecule has 2 atom stereocenters. The lowest BCUT2D eigenvalue weighted by molar-refractivity contribution is -0.163. The van der Waals surface area contributed by atoms with E-state index in [1.165, 1.54) is 11.8 Å². The first-order valence-corrected chi connectivity index (χ1v) is 8.03. The van der Waals surface area contributed by atoms with Gasteiger partial charge in [-0.25, -0.2) is 0 Å². The molecule has 0 aliphatic carbocycles. The zero-order chi connectivity index (χ0) is 17.7. The molecular formula is C17H19ClN2O4. The Bertz CT molecular complexity index is 671. The number of rotatable bonds is 5. The summed E-state index contributed by atoms with van der Waals surface area (Å²) in [6.07, 6.45) is -0.210. The van der Waals surface area contributed by atoms with Crippen LogP contribution in [0.3, 0.4) is 0 Å². The Hall–Kier alpha value is -2.26. The van der Waals surface area contributed by atoms with Gasteiger partial charge in [0.1, 0.15) is 12.4 Å². The highest BCUT2D eigenvalue weighted by Crippen LogP contribution is 2.30. The van der Waals surface area contributed by atoms with Gasteiger partial charge in [0.15, 0.2) is 6.10 Å². The smallest absolute Gasteiger partial charge is 0.313 e. The van der Waals surface area contributed by atoms with Gasteiger partial charge >= 0.3 is 5.97 Å². The minimum Gasteiger partial charge on any atom is -0.492 e. The van der Waals surface area contributed by atoms with Crippen LogP contribution in [0.5, 0.6) is 5.75 Å². The third-order valence-corrected chi connectivity index (χ3v) is 4.07. The molecule has 2 rings (SSSR count). The first-order chi connectivity index (χ1) is 11.4. The molecule has 0 fully saturated rings. The lowest BCUT2D eigenvalue weighted by Gasteiger charge is -2.26. The van der Waals surface area contributed by atoms with Crippen molar-refractivity contribution in [2.75, 3.05) is 20.2 Å². The molecule has 1 aromatic rings. The Morgan fingerprint density at radius 3 is 3.00 bits per heavy atom. The largest absolute Gasteiger partial charge is 0.492 e. The number of fused-ring (bicyclic) bond motifs is 1. The molecule has 1 heterocycles. The van der Waals surface area contributed by atoms with Crippen LogP contribution in [0.15, 0.2) is 18.2 Å². The number of carbonyl (C=O) groups excluding carboxylic acids is 2. The first kappa shape index (κ1) is 18.1. The van der Waals surface area contributed by atoms with Gasteiger partial charge in [-0.05, 0) is 37.1 Å². The molecule has 0 spiro atoms. The number of amides is 1. The molecule has 0 saturated heterocycles. The van der Waals surface area contributed by atoms with Gasteiger partial charge in [0, 0.05) is 18.6 Å². The van der Waals surface area contributed by atoms with E-state index in [0.717, 1.165) is 5.56 Å². The lowest BCUT2D eigenvalue weighted by atomic mass is 9.97. The van der Waals surface area contributed by atoms with Crippen LogP contribution >= 0.6 is 11.6 Å². The number of esters is 1. The van der Waals surface area contributed by atoms with Crippen molar-refractivity contribution >= 4 is 23.5 Å². The summed E-state index contributed by atoms with van der Waals surface area (Å²) in [6.45, 7) is 2.03. The molecule has 128 valence electrons. The van der Waals surface area contributed by atoms with E-state index in [1.807, 2.05) is 6.07 Å². The third-order valence-electron chi connectivity index (χ3n) is 3.84. The number of benzene rings is 1. The molecule has 1 aliphatic rings. The number of likely N-dealkylation sites (N-methyl/N-ethyl adjacent to an activating group) is 1. The molecule has 0 unspecified atom stereocenters. The zero-order valence-corrected chi connectivity index (χ0v) is 14.4. The van der Waals surface area contributed by atoms with Gasteiger partial charge in [-0.2, -0.15) is 5.26 Å². The van der Waals surface area contributed by atoms with Crippen molar-refractivity contribution in [3.05, 3.63) is 28.8 Å². The van der Waals surface area contributed by atoms with Gasteiger partial charge in [-0.15, -0.1) is 0 Å². The van der Waals surface area contributed by atoms with Gasteiger partial charge in [0.05, 0.1) is 18.4 Å². The second-order valence-electron chi connectivity index (χ2n) is 5.71. The summed E-state index contributed by atoms with van der Waals surface area (Å²) >= 11 is 5.96. The van der Waals surface area contributed by atoms with E-state index >= 15 is 0 Å². The predicted octanol–water partition coefficient (Wildman–Crippen LogP) is 2.19. The van der Waals surface area contributed by atoms with E-state index in [0.29, 0.717) is 23.7 Å². The monoisotopic (exact) mass is 350 g/mol. The number of ether oxygens (including phenoxy) is 2.